The Labute approximate surface area is 180 Å². The molecule has 2 aromatic heterocycles. The van der Waals surface area contributed by atoms with Crippen molar-refractivity contribution >= 4 is 34.7 Å². The summed E-state index contributed by atoms with van der Waals surface area (Å²) in [5, 5.41) is 0. The van der Waals surface area contributed by atoms with Crippen molar-refractivity contribution in [2.24, 2.45) is 0 Å². The van der Waals surface area contributed by atoms with Crippen molar-refractivity contribution in [2.45, 2.75) is 57.7 Å². The summed E-state index contributed by atoms with van der Waals surface area (Å²) in [5.74, 6) is 0.424. The Balaban J connectivity index is 1.80. The van der Waals surface area contributed by atoms with Crippen LogP contribution in [0.3, 0.4) is 0 Å². The molecule has 6 nitrogen and oxygen atoms in total. The standard InChI is InChI=1S/C19H22ClF3N4O2S/c1-11-9-29-10-12(2)27(11)16-7-17(28)25-6-5-14(19(21,22)23)26(18(25)24-16)8-13-3-4-15(20)30-13/h3-4,7,11-12,14H,5-6,8-10H2,1-2H3/t11-,12-,14-/m0/s1. The Morgan fingerprint density at radius 3 is 2.57 bits per heavy atom. The lowest BCUT2D eigenvalue weighted by atomic mass is 10.1. The maximum absolute atomic E-state index is 13.9. The second-order valence-electron chi connectivity index (χ2n) is 7.73. The molecule has 0 unspecified atom stereocenters. The molecule has 0 bridgehead atoms. The van der Waals surface area contributed by atoms with Crippen LogP contribution in [-0.4, -0.2) is 47.1 Å². The molecule has 11 heteroatoms. The van der Waals surface area contributed by atoms with Gasteiger partial charge in [-0.15, -0.1) is 11.3 Å². The summed E-state index contributed by atoms with van der Waals surface area (Å²) in [6.07, 6.45) is -4.65. The summed E-state index contributed by atoms with van der Waals surface area (Å²) in [5.41, 5.74) is -0.351. The number of anilines is 2. The minimum absolute atomic E-state index is 0.0221. The molecule has 164 valence electrons. The van der Waals surface area contributed by atoms with Gasteiger partial charge in [-0.2, -0.15) is 18.2 Å². The second-order valence-corrected chi connectivity index (χ2v) is 9.53. The number of fused-ring (bicyclic) bond motifs is 1. The number of aromatic nitrogens is 2. The average molecular weight is 463 g/mol. The summed E-state index contributed by atoms with van der Waals surface area (Å²) >= 11 is 7.20. The Hall–Kier alpha value is -1.78. The molecule has 0 aromatic carbocycles. The number of morpholine rings is 1. The zero-order valence-corrected chi connectivity index (χ0v) is 18.1. The van der Waals surface area contributed by atoms with E-state index in [1.807, 2.05) is 18.7 Å². The summed E-state index contributed by atoms with van der Waals surface area (Å²) in [6, 6.07) is 2.96. The number of ether oxygens (including phenoxy) is 1. The normalized spacial score (nSPS) is 24.8. The average Bonchev–Trinajstić information content (AvgIpc) is 3.06. The molecule has 2 aliphatic heterocycles. The van der Waals surface area contributed by atoms with E-state index >= 15 is 0 Å². The zero-order chi connectivity index (χ0) is 21.6. The molecule has 0 spiro atoms. The third-order valence-electron chi connectivity index (χ3n) is 5.50. The van der Waals surface area contributed by atoms with Crippen LogP contribution >= 0.6 is 22.9 Å². The van der Waals surface area contributed by atoms with Gasteiger partial charge in [-0.05, 0) is 32.4 Å². The molecule has 1 saturated heterocycles. The van der Waals surface area contributed by atoms with E-state index in [4.69, 9.17) is 16.3 Å². The van der Waals surface area contributed by atoms with Crippen LogP contribution < -0.4 is 15.4 Å². The van der Waals surface area contributed by atoms with Crippen molar-refractivity contribution < 1.29 is 17.9 Å². The smallest absolute Gasteiger partial charge is 0.377 e. The first-order chi connectivity index (χ1) is 14.1. The van der Waals surface area contributed by atoms with E-state index in [2.05, 4.69) is 4.98 Å². The molecule has 0 N–H and O–H groups in total. The molecular formula is C19H22ClF3N4O2S. The highest BCUT2D eigenvalue weighted by atomic mass is 35.5. The van der Waals surface area contributed by atoms with Crippen molar-refractivity contribution in [2.75, 3.05) is 23.0 Å². The molecule has 2 aromatic rings. The van der Waals surface area contributed by atoms with Crippen LogP contribution in [0.2, 0.25) is 4.34 Å². The SMILES string of the molecule is C[C@H]1COC[C@H](C)N1c1cc(=O)n2c(n1)N(Cc1ccc(Cl)s1)[C@H](C(F)(F)F)CC2. The highest BCUT2D eigenvalue weighted by Crippen LogP contribution is 2.37. The van der Waals surface area contributed by atoms with E-state index in [1.165, 1.54) is 26.9 Å². The van der Waals surface area contributed by atoms with Crippen LogP contribution in [0.4, 0.5) is 24.9 Å². The summed E-state index contributed by atoms with van der Waals surface area (Å²) in [7, 11) is 0. The maximum Gasteiger partial charge on any atom is 0.408 e. The predicted molar refractivity (Wildman–Crippen MR) is 111 cm³/mol. The lowest BCUT2D eigenvalue weighted by molar-refractivity contribution is -0.153. The van der Waals surface area contributed by atoms with Crippen LogP contribution in [0.5, 0.6) is 0 Å². The van der Waals surface area contributed by atoms with E-state index in [-0.39, 0.29) is 43.1 Å². The number of thiophene rings is 1. The van der Waals surface area contributed by atoms with E-state index in [0.29, 0.717) is 28.2 Å². The van der Waals surface area contributed by atoms with Gasteiger partial charge in [-0.25, -0.2) is 0 Å². The molecule has 1 fully saturated rings. The Kier molecular flexibility index (Phi) is 5.75. The van der Waals surface area contributed by atoms with Crippen molar-refractivity contribution in [3.63, 3.8) is 0 Å². The lowest BCUT2D eigenvalue weighted by Crippen LogP contribution is -2.53. The monoisotopic (exact) mass is 462 g/mol. The van der Waals surface area contributed by atoms with Crippen LogP contribution in [0.25, 0.3) is 0 Å². The van der Waals surface area contributed by atoms with Crippen LogP contribution in [-0.2, 0) is 17.8 Å². The fourth-order valence-corrected chi connectivity index (χ4v) is 5.26. The van der Waals surface area contributed by atoms with Gasteiger partial charge in [-0.1, -0.05) is 11.6 Å². The fraction of sp³-hybridized carbons (Fsp3) is 0.579. The van der Waals surface area contributed by atoms with E-state index < -0.39 is 12.2 Å². The summed E-state index contributed by atoms with van der Waals surface area (Å²) in [4.78, 5) is 21.2. The predicted octanol–water partition coefficient (Wildman–Crippen LogP) is 3.91. The van der Waals surface area contributed by atoms with Gasteiger partial charge in [0.25, 0.3) is 5.56 Å². The maximum atomic E-state index is 13.9. The Morgan fingerprint density at radius 1 is 1.27 bits per heavy atom. The van der Waals surface area contributed by atoms with Gasteiger partial charge in [0.05, 0.1) is 36.2 Å². The molecule has 0 saturated carbocycles. The van der Waals surface area contributed by atoms with Crippen LogP contribution in [0, 0.1) is 0 Å². The number of hydrogen-bond acceptors (Lipinski definition) is 6. The van der Waals surface area contributed by atoms with Crippen LogP contribution in [0.1, 0.15) is 25.1 Å². The van der Waals surface area contributed by atoms with Gasteiger partial charge < -0.3 is 14.5 Å². The molecule has 2 aliphatic rings. The first-order valence-electron chi connectivity index (χ1n) is 9.70. The molecule has 0 aliphatic carbocycles. The molecule has 30 heavy (non-hydrogen) atoms. The van der Waals surface area contributed by atoms with E-state index in [1.54, 1.807) is 12.1 Å². The molecule has 4 heterocycles. The lowest BCUT2D eigenvalue weighted by Gasteiger charge is -2.42. The molecule has 0 amide bonds. The minimum Gasteiger partial charge on any atom is -0.377 e. The number of rotatable bonds is 3. The summed E-state index contributed by atoms with van der Waals surface area (Å²) in [6.45, 7) is 4.77. The molecule has 0 radical (unpaired) electrons. The first kappa shape index (κ1) is 21.5. The van der Waals surface area contributed by atoms with E-state index in [0.717, 1.165) is 0 Å². The second kappa shape index (κ2) is 8.05. The van der Waals surface area contributed by atoms with Gasteiger partial charge in [0.2, 0.25) is 5.95 Å². The molecule has 4 rings (SSSR count). The van der Waals surface area contributed by atoms with Gasteiger partial charge in [0, 0.05) is 17.5 Å². The zero-order valence-electron chi connectivity index (χ0n) is 16.5. The highest BCUT2D eigenvalue weighted by molar-refractivity contribution is 7.16. The highest BCUT2D eigenvalue weighted by Gasteiger charge is 2.47. The number of hydrogen-bond donors (Lipinski definition) is 0. The van der Waals surface area contributed by atoms with Crippen molar-refractivity contribution in [3.8, 4) is 0 Å². The molecular weight excluding hydrogens is 441 g/mol. The van der Waals surface area contributed by atoms with Crippen LogP contribution in [0.15, 0.2) is 23.0 Å². The summed E-state index contributed by atoms with van der Waals surface area (Å²) < 4.78 is 49.0. The van der Waals surface area contributed by atoms with Crippen molar-refractivity contribution in [3.05, 3.63) is 37.8 Å². The Bertz CT molecular complexity index is 969. The van der Waals surface area contributed by atoms with Crippen molar-refractivity contribution in [1.82, 2.24) is 9.55 Å². The number of nitrogens with zero attached hydrogens (tertiary/aromatic N) is 4. The van der Waals surface area contributed by atoms with Gasteiger partial charge in [-0.3, -0.25) is 9.36 Å². The number of alkyl halides is 3. The van der Waals surface area contributed by atoms with Gasteiger partial charge in [0.1, 0.15) is 11.9 Å². The molecule has 3 atom stereocenters. The largest absolute Gasteiger partial charge is 0.408 e. The van der Waals surface area contributed by atoms with Gasteiger partial charge in [0.15, 0.2) is 0 Å². The third kappa shape index (κ3) is 4.04. The number of halogens is 4. The fourth-order valence-electron chi connectivity index (χ4n) is 4.17. The van der Waals surface area contributed by atoms with E-state index in [9.17, 15) is 18.0 Å². The Morgan fingerprint density at radius 2 is 1.97 bits per heavy atom. The quantitative estimate of drug-likeness (QED) is 0.692. The topological polar surface area (TPSA) is 50.6 Å². The first-order valence-corrected chi connectivity index (χ1v) is 10.9. The minimum atomic E-state index is -4.44. The van der Waals surface area contributed by atoms with Crippen molar-refractivity contribution in [1.29, 1.82) is 0 Å². The van der Waals surface area contributed by atoms with Gasteiger partial charge >= 0.3 is 6.18 Å². The third-order valence-corrected chi connectivity index (χ3v) is 6.71.